The number of hydrogen-bond acceptors (Lipinski definition) is 2. The third-order valence-electron chi connectivity index (χ3n) is 1.83. The normalized spacial score (nSPS) is 19.9. The van der Waals surface area contributed by atoms with Crippen molar-refractivity contribution in [1.29, 1.82) is 0 Å². The van der Waals surface area contributed by atoms with Crippen molar-refractivity contribution >= 4 is 0 Å². The standard InChI is InChI=1S/C7H14O.C4H6O/c1-2-4-7-5-3-6-8-7;1-3-5-4-2/h7H,2-6H2,1H3;3-4H,1-2H2. The summed E-state index contributed by atoms with van der Waals surface area (Å²) in [6, 6.07) is 0. The van der Waals surface area contributed by atoms with Crippen LogP contribution in [0.2, 0.25) is 0 Å². The first-order chi connectivity index (χ1) is 6.35. The summed E-state index contributed by atoms with van der Waals surface area (Å²) in [5.41, 5.74) is 0. The van der Waals surface area contributed by atoms with Crippen molar-refractivity contribution in [2.45, 2.75) is 38.7 Å². The molecular weight excluding hydrogens is 164 g/mol. The molecule has 1 saturated heterocycles. The van der Waals surface area contributed by atoms with Crippen molar-refractivity contribution in [2.24, 2.45) is 0 Å². The quantitative estimate of drug-likeness (QED) is 0.624. The van der Waals surface area contributed by atoms with Gasteiger partial charge in [-0.05, 0) is 19.3 Å². The van der Waals surface area contributed by atoms with Gasteiger partial charge in [0.05, 0.1) is 18.6 Å². The average Bonchev–Trinajstić information content (AvgIpc) is 2.60. The second-order valence-electron chi connectivity index (χ2n) is 2.89. The highest BCUT2D eigenvalue weighted by Crippen LogP contribution is 2.15. The first-order valence-electron chi connectivity index (χ1n) is 4.84. The molecule has 1 aliphatic heterocycles. The smallest absolute Gasteiger partial charge is 0.0829 e. The zero-order chi connectivity index (χ0) is 9.94. The maximum Gasteiger partial charge on any atom is 0.0829 e. The lowest BCUT2D eigenvalue weighted by atomic mass is 10.1. The molecule has 76 valence electrons. The van der Waals surface area contributed by atoms with Crippen LogP contribution >= 0.6 is 0 Å². The van der Waals surface area contributed by atoms with Gasteiger partial charge in [-0.25, -0.2) is 0 Å². The van der Waals surface area contributed by atoms with Gasteiger partial charge in [0.15, 0.2) is 0 Å². The molecule has 0 saturated carbocycles. The zero-order valence-corrected chi connectivity index (χ0v) is 8.50. The fourth-order valence-corrected chi connectivity index (χ4v) is 1.26. The van der Waals surface area contributed by atoms with Gasteiger partial charge in [0, 0.05) is 6.61 Å². The lowest BCUT2D eigenvalue weighted by molar-refractivity contribution is 0.103. The summed E-state index contributed by atoms with van der Waals surface area (Å²) in [4.78, 5) is 0. The van der Waals surface area contributed by atoms with E-state index in [2.05, 4.69) is 24.8 Å². The van der Waals surface area contributed by atoms with Gasteiger partial charge in [-0.1, -0.05) is 26.5 Å². The van der Waals surface area contributed by atoms with E-state index in [4.69, 9.17) is 4.74 Å². The Morgan fingerprint density at radius 2 is 2.15 bits per heavy atom. The summed E-state index contributed by atoms with van der Waals surface area (Å²) in [5, 5.41) is 0. The molecule has 0 radical (unpaired) electrons. The van der Waals surface area contributed by atoms with Gasteiger partial charge in [-0.15, -0.1) is 0 Å². The van der Waals surface area contributed by atoms with Crippen molar-refractivity contribution < 1.29 is 9.47 Å². The van der Waals surface area contributed by atoms with Crippen LogP contribution in [0.5, 0.6) is 0 Å². The summed E-state index contributed by atoms with van der Waals surface area (Å²) < 4.78 is 9.75. The molecule has 0 aromatic rings. The number of ether oxygens (including phenoxy) is 2. The SMILES string of the molecule is C=COC=C.CCCC1CCCO1. The molecule has 0 amide bonds. The largest absolute Gasteiger partial charge is 0.474 e. The summed E-state index contributed by atoms with van der Waals surface area (Å²) >= 11 is 0. The average molecular weight is 184 g/mol. The molecule has 0 bridgehead atoms. The Labute approximate surface area is 81.2 Å². The van der Waals surface area contributed by atoms with E-state index in [1.165, 1.54) is 38.2 Å². The van der Waals surface area contributed by atoms with Gasteiger partial charge in [0.1, 0.15) is 0 Å². The summed E-state index contributed by atoms with van der Waals surface area (Å²) in [6.07, 6.45) is 8.35. The summed E-state index contributed by atoms with van der Waals surface area (Å²) in [5.74, 6) is 0. The Morgan fingerprint density at radius 1 is 1.46 bits per heavy atom. The van der Waals surface area contributed by atoms with Crippen LogP contribution in [0.15, 0.2) is 25.7 Å². The first kappa shape index (κ1) is 12.2. The Morgan fingerprint density at radius 3 is 2.46 bits per heavy atom. The van der Waals surface area contributed by atoms with Crippen LogP contribution in [0.3, 0.4) is 0 Å². The van der Waals surface area contributed by atoms with E-state index in [-0.39, 0.29) is 0 Å². The van der Waals surface area contributed by atoms with Crippen molar-refractivity contribution in [3.05, 3.63) is 25.7 Å². The number of hydrogen-bond donors (Lipinski definition) is 0. The maximum absolute atomic E-state index is 5.39. The molecule has 1 aliphatic rings. The maximum atomic E-state index is 5.39. The van der Waals surface area contributed by atoms with Crippen LogP contribution in [0.1, 0.15) is 32.6 Å². The molecule has 2 heteroatoms. The fourth-order valence-electron chi connectivity index (χ4n) is 1.26. The predicted octanol–water partition coefficient (Wildman–Crippen LogP) is 3.26. The Bertz CT molecular complexity index is 120. The Hall–Kier alpha value is -0.760. The molecule has 0 aliphatic carbocycles. The van der Waals surface area contributed by atoms with E-state index < -0.39 is 0 Å². The highest BCUT2D eigenvalue weighted by atomic mass is 16.5. The van der Waals surface area contributed by atoms with Crippen LogP contribution < -0.4 is 0 Å². The van der Waals surface area contributed by atoms with Crippen molar-refractivity contribution in [3.8, 4) is 0 Å². The molecule has 2 nitrogen and oxygen atoms in total. The van der Waals surface area contributed by atoms with E-state index >= 15 is 0 Å². The highest BCUT2D eigenvalue weighted by Gasteiger charge is 2.12. The van der Waals surface area contributed by atoms with Crippen molar-refractivity contribution in [2.75, 3.05) is 6.61 Å². The molecule has 1 rings (SSSR count). The summed E-state index contributed by atoms with van der Waals surface area (Å²) in [6.45, 7) is 9.73. The first-order valence-corrected chi connectivity index (χ1v) is 4.84. The molecule has 1 atom stereocenters. The molecule has 0 N–H and O–H groups in total. The van der Waals surface area contributed by atoms with Gasteiger partial charge in [-0.2, -0.15) is 0 Å². The molecule has 13 heavy (non-hydrogen) atoms. The highest BCUT2D eigenvalue weighted by molar-refractivity contribution is 4.62. The van der Waals surface area contributed by atoms with Crippen LogP contribution in [-0.2, 0) is 9.47 Å². The van der Waals surface area contributed by atoms with Crippen LogP contribution in [0.4, 0.5) is 0 Å². The fraction of sp³-hybridized carbons (Fsp3) is 0.636. The molecule has 0 spiro atoms. The van der Waals surface area contributed by atoms with E-state index in [0.29, 0.717) is 6.10 Å². The molecular formula is C11H20O2. The second-order valence-corrected chi connectivity index (χ2v) is 2.89. The Kier molecular flexibility index (Phi) is 8.78. The third-order valence-corrected chi connectivity index (χ3v) is 1.83. The van der Waals surface area contributed by atoms with Crippen LogP contribution in [0.25, 0.3) is 0 Å². The van der Waals surface area contributed by atoms with Gasteiger partial charge >= 0.3 is 0 Å². The number of rotatable bonds is 4. The molecule has 1 heterocycles. The lowest BCUT2D eigenvalue weighted by Gasteiger charge is -2.04. The molecule has 0 aromatic carbocycles. The van der Waals surface area contributed by atoms with Gasteiger partial charge in [0.25, 0.3) is 0 Å². The monoisotopic (exact) mass is 184 g/mol. The van der Waals surface area contributed by atoms with Gasteiger partial charge in [0.2, 0.25) is 0 Å². The zero-order valence-electron chi connectivity index (χ0n) is 8.50. The van der Waals surface area contributed by atoms with E-state index in [1.54, 1.807) is 0 Å². The minimum Gasteiger partial charge on any atom is -0.474 e. The minimum atomic E-state index is 0.611. The van der Waals surface area contributed by atoms with Crippen molar-refractivity contribution in [3.63, 3.8) is 0 Å². The van der Waals surface area contributed by atoms with Crippen LogP contribution in [-0.4, -0.2) is 12.7 Å². The van der Waals surface area contributed by atoms with E-state index in [0.717, 1.165) is 6.61 Å². The second kappa shape index (κ2) is 9.33. The molecule has 1 fully saturated rings. The van der Waals surface area contributed by atoms with Crippen molar-refractivity contribution in [1.82, 2.24) is 0 Å². The lowest BCUT2D eigenvalue weighted by Crippen LogP contribution is -2.02. The predicted molar refractivity (Wildman–Crippen MR) is 55.4 cm³/mol. The molecule has 1 unspecified atom stereocenters. The molecule has 0 aromatic heterocycles. The van der Waals surface area contributed by atoms with Gasteiger partial charge < -0.3 is 9.47 Å². The van der Waals surface area contributed by atoms with Gasteiger partial charge in [-0.3, -0.25) is 0 Å². The topological polar surface area (TPSA) is 18.5 Å². The van der Waals surface area contributed by atoms with E-state index in [1.807, 2.05) is 0 Å². The summed E-state index contributed by atoms with van der Waals surface area (Å²) in [7, 11) is 0. The van der Waals surface area contributed by atoms with E-state index in [9.17, 15) is 0 Å². The third kappa shape index (κ3) is 7.60. The van der Waals surface area contributed by atoms with Crippen LogP contribution in [0, 0.1) is 0 Å². The minimum absolute atomic E-state index is 0.611. The Balaban J connectivity index is 0.000000252.